The molecule has 8 nitrogen and oxygen atoms in total. The molecule has 8 heteroatoms. The van der Waals surface area contributed by atoms with Crippen LogP contribution in [0.25, 0.3) is 0 Å². The fourth-order valence-corrected chi connectivity index (χ4v) is 2.69. The van der Waals surface area contributed by atoms with Gasteiger partial charge in [-0.05, 0) is 49.6 Å². The summed E-state index contributed by atoms with van der Waals surface area (Å²) in [7, 11) is 3.18. The minimum absolute atomic E-state index is 0.192. The number of nitrogens with zero attached hydrogens (tertiary/aromatic N) is 3. The maximum atomic E-state index is 9.97. The molecule has 2 aromatic heterocycles. The molecule has 142 valence electrons. The van der Waals surface area contributed by atoms with Gasteiger partial charge in [-0.15, -0.1) is 5.10 Å². The Morgan fingerprint density at radius 2 is 1.78 bits per heavy atom. The summed E-state index contributed by atoms with van der Waals surface area (Å²) in [5, 5.41) is 21.1. The van der Waals surface area contributed by atoms with Gasteiger partial charge in [0, 0.05) is 0 Å². The van der Waals surface area contributed by atoms with Gasteiger partial charge in [-0.1, -0.05) is 11.2 Å². The highest BCUT2D eigenvalue weighted by atomic mass is 16.5. The Morgan fingerprint density at radius 3 is 2.48 bits per heavy atom. The molecule has 0 radical (unpaired) electrons. The molecule has 0 aliphatic heterocycles. The van der Waals surface area contributed by atoms with Crippen LogP contribution in [0, 0.1) is 20.8 Å². The van der Waals surface area contributed by atoms with Gasteiger partial charge < -0.3 is 19.0 Å². The number of hydrogen-bond donors (Lipinski definition) is 2. The van der Waals surface area contributed by atoms with Crippen molar-refractivity contribution in [1.82, 2.24) is 15.2 Å². The first-order valence-electron chi connectivity index (χ1n) is 8.40. The summed E-state index contributed by atoms with van der Waals surface area (Å²) in [6, 6.07) is 5.86. The van der Waals surface area contributed by atoms with Gasteiger partial charge in [-0.3, -0.25) is 5.32 Å². The van der Waals surface area contributed by atoms with E-state index in [1.807, 2.05) is 32.0 Å². The third-order valence-electron chi connectivity index (χ3n) is 4.39. The van der Waals surface area contributed by atoms with E-state index in [-0.39, 0.29) is 11.8 Å². The molecule has 0 amide bonds. The zero-order valence-corrected chi connectivity index (χ0v) is 16.0. The van der Waals surface area contributed by atoms with Crippen LogP contribution < -0.4 is 14.8 Å². The number of hydrogen-bond acceptors (Lipinski definition) is 8. The first kappa shape index (κ1) is 18.5. The first-order valence-corrected chi connectivity index (χ1v) is 8.40. The minimum atomic E-state index is 0.192. The standard InChI is InChI=1S/C19H22N4O4/c1-10-11(2)18(20-12(3)17(10)24)21-19-23-22-16(27-19)9-13-6-7-14(25-4)15(8-13)26-5/h6-8,24H,9H2,1-5H3,(H,20,21,23). The van der Waals surface area contributed by atoms with E-state index >= 15 is 0 Å². The summed E-state index contributed by atoms with van der Waals surface area (Å²) in [5.74, 6) is 2.52. The molecule has 3 aromatic rings. The van der Waals surface area contributed by atoms with Gasteiger partial charge in [-0.2, -0.15) is 0 Å². The molecule has 1 aromatic carbocycles. The van der Waals surface area contributed by atoms with Crippen LogP contribution in [0.15, 0.2) is 22.6 Å². The smallest absolute Gasteiger partial charge is 0.321 e. The molecular weight excluding hydrogens is 348 g/mol. The summed E-state index contributed by atoms with van der Waals surface area (Å²) in [4.78, 5) is 4.34. The number of aromatic nitrogens is 3. The van der Waals surface area contributed by atoms with E-state index < -0.39 is 0 Å². The SMILES string of the molecule is COc1ccc(Cc2nnc(Nc3nc(C)c(O)c(C)c3C)o2)cc1OC. The molecule has 0 saturated carbocycles. The van der Waals surface area contributed by atoms with E-state index in [9.17, 15) is 5.11 Å². The molecule has 0 aliphatic rings. The predicted molar refractivity (Wildman–Crippen MR) is 100 cm³/mol. The molecule has 27 heavy (non-hydrogen) atoms. The van der Waals surface area contributed by atoms with E-state index in [0.717, 1.165) is 16.7 Å². The molecule has 0 saturated heterocycles. The number of methoxy groups -OCH3 is 2. The topological polar surface area (TPSA) is 103 Å². The second kappa shape index (κ2) is 7.53. The number of aryl methyl sites for hydroxylation is 1. The van der Waals surface area contributed by atoms with Crippen LogP contribution in [-0.2, 0) is 6.42 Å². The molecule has 2 heterocycles. The number of aromatic hydroxyl groups is 1. The monoisotopic (exact) mass is 370 g/mol. The molecule has 0 unspecified atom stereocenters. The van der Waals surface area contributed by atoms with Crippen LogP contribution in [-0.4, -0.2) is 34.5 Å². The quantitative estimate of drug-likeness (QED) is 0.680. The van der Waals surface area contributed by atoms with Crippen molar-refractivity contribution >= 4 is 11.8 Å². The summed E-state index contributed by atoms with van der Waals surface area (Å²) in [6.07, 6.45) is 0.453. The number of benzene rings is 1. The van der Waals surface area contributed by atoms with Gasteiger partial charge in [-0.25, -0.2) is 4.98 Å². The second-order valence-electron chi connectivity index (χ2n) is 6.14. The van der Waals surface area contributed by atoms with E-state index in [2.05, 4.69) is 20.5 Å². The molecular formula is C19H22N4O4. The van der Waals surface area contributed by atoms with Crippen molar-refractivity contribution in [3.05, 3.63) is 46.5 Å². The third-order valence-corrected chi connectivity index (χ3v) is 4.39. The highest BCUT2D eigenvalue weighted by Crippen LogP contribution is 2.30. The maximum absolute atomic E-state index is 9.97. The van der Waals surface area contributed by atoms with Crippen molar-refractivity contribution in [1.29, 1.82) is 0 Å². The van der Waals surface area contributed by atoms with Gasteiger partial charge in [0.25, 0.3) is 0 Å². The molecule has 0 bridgehead atoms. The van der Waals surface area contributed by atoms with Gasteiger partial charge in [0.15, 0.2) is 11.5 Å². The Bertz CT molecular complexity index is 969. The lowest BCUT2D eigenvalue weighted by Gasteiger charge is -2.11. The molecule has 0 fully saturated rings. The first-order chi connectivity index (χ1) is 12.9. The molecule has 0 atom stereocenters. The second-order valence-corrected chi connectivity index (χ2v) is 6.14. The lowest BCUT2D eigenvalue weighted by Crippen LogP contribution is -2.01. The van der Waals surface area contributed by atoms with E-state index in [0.29, 0.717) is 35.3 Å². The molecule has 2 N–H and O–H groups in total. The van der Waals surface area contributed by atoms with Crippen LogP contribution >= 0.6 is 0 Å². The highest BCUT2D eigenvalue weighted by molar-refractivity contribution is 5.58. The summed E-state index contributed by atoms with van der Waals surface area (Å²) in [5.41, 5.74) is 3.06. The Labute approximate surface area is 157 Å². The van der Waals surface area contributed by atoms with E-state index in [4.69, 9.17) is 13.9 Å². The Balaban J connectivity index is 1.78. The van der Waals surface area contributed by atoms with Gasteiger partial charge in [0.05, 0.1) is 26.3 Å². The molecule has 0 aliphatic carbocycles. The van der Waals surface area contributed by atoms with Gasteiger partial charge in [0.1, 0.15) is 11.6 Å². The number of rotatable bonds is 6. The maximum Gasteiger partial charge on any atom is 0.321 e. The van der Waals surface area contributed by atoms with Crippen LogP contribution in [0.1, 0.15) is 28.3 Å². The van der Waals surface area contributed by atoms with Crippen molar-refractivity contribution in [2.45, 2.75) is 27.2 Å². The fourth-order valence-electron chi connectivity index (χ4n) is 2.69. The zero-order chi connectivity index (χ0) is 19.6. The molecule has 0 spiro atoms. The van der Waals surface area contributed by atoms with Crippen LogP contribution in [0.4, 0.5) is 11.8 Å². The van der Waals surface area contributed by atoms with Crippen molar-refractivity contribution in [3.8, 4) is 17.2 Å². The average molecular weight is 370 g/mol. The van der Waals surface area contributed by atoms with Crippen molar-refractivity contribution in [2.75, 3.05) is 19.5 Å². The van der Waals surface area contributed by atoms with Crippen molar-refractivity contribution in [3.63, 3.8) is 0 Å². The average Bonchev–Trinajstić information content (AvgIpc) is 3.11. The Morgan fingerprint density at radius 1 is 1.04 bits per heavy atom. The summed E-state index contributed by atoms with van der Waals surface area (Å²) >= 11 is 0. The summed E-state index contributed by atoms with van der Waals surface area (Å²) < 4.78 is 16.2. The fraction of sp³-hybridized carbons (Fsp3) is 0.316. The molecule has 3 rings (SSSR count). The number of anilines is 2. The van der Waals surface area contributed by atoms with Gasteiger partial charge in [0.2, 0.25) is 5.89 Å². The predicted octanol–water partition coefficient (Wildman–Crippen LogP) is 3.45. The van der Waals surface area contributed by atoms with E-state index in [1.165, 1.54) is 0 Å². The lowest BCUT2D eigenvalue weighted by atomic mass is 10.1. The van der Waals surface area contributed by atoms with Crippen molar-refractivity contribution in [2.24, 2.45) is 0 Å². The largest absolute Gasteiger partial charge is 0.506 e. The summed E-state index contributed by atoms with van der Waals surface area (Å²) in [6.45, 7) is 5.44. The minimum Gasteiger partial charge on any atom is -0.506 e. The number of nitrogens with one attached hydrogen (secondary N) is 1. The number of pyridine rings is 1. The van der Waals surface area contributed by atoms with Crippen LogP contribution in [0.3, 0.4) is 0 Å². The third kappa shape index (κ3) is 3.79. The van der Waals surface area contributed by atoms with Crippen molar-refractivity contribution < 1.29 is 19.0 Å². The van der Waals surface area contributed by atoms with Crippen LogP contribution in [0.5, 0.6) is 17.2 Å². The Hall–Kier alpha value is -3.29. The Kier molecular flexibility index (Phi) is 5.16. The normalized spacial score (nSPS) is 10.7. The highest BCUT2D eigenvalue weighted by Gasteiger charge is 2.14. The zero-order valence-electron chi connectivity index (χ0n) is 16.0. The lowest BCUT2D eigenvalue weighted by molar-refractivity contribution is 0.354. The van der Waals surface area contributed by atoms with Gasteiger partial charge >= 0.3 is 6.01 Å². The van der Waals surface area contributed by atoms with E-state index in [1.54, 1.807) is 21.1 Å². The number of ether oxygens (including phenoxy) is 2. The van der Waals surface area contributed by atoms with Crippen LogP contribution in [0.2, 0.25) is 0 Å².